The summed E-state index contributed by atoms with van der Waals surface area (Å²) in [5.41, 5.74) is 1.18. The van der Waals surface area contributed by atoms with Crippen LogP contribution in [0.4, 0.5) is 0 Å². The van der Waals surface area contributed by atoms with Gasteiger partial charge < -0.3 is 15.2 Å². The summed E-state index contributed by atoms with van der Waals surface area (Å²) in [5.74, 6) is 0.843. The van der Waals surface area contributed by atoms with Crippen molar-refractivity contribution in [3.8, 4) is 5.75 Å². The zero-order valence-corrected chi connectivity index (χ0v) is 9.65. The molecule has 1 fully saturated rings. The van der Waals surface area contributed by atoms with Crippen molar-refractivity contribution in [1.29, 1.82) is 0 Å². The summed E-state index contributed by atoms with van der Waals surface area (Å²) >= 11 is 0. The Labute approximate surface area is 96.4 Å². The van der Waals surface area contributed by atoms with Gasteiger partial charge in [-0.25, -0.2) is 0 Å². The van der Waals surface area contributed by atoms with Gasteiger partial charge in [-0.05, 0) is 37.6 Å². The number of hydrogen-bond acceptors (Lipinski definition) is 3. The van der Waals surface area contributed by atoms with Gasteiger partial charge in [0, 0.05) is 18.6 Å². The molecule has 16 heavy (non-hydrogen) atoms. The van der Waals surface area contributed by atoms with Crippen molar-refractivity contribution in [2.75, 3.05) is 20.3 Å². The molecule has 0 radical (unpaired) electrons. The molecule has 1 aromatic carbocycles. The van der Waals surface area contributed by atoms with Gasteiger partial charge in [-0.3, -0.25) is 0 Å². The Morgan fingerprint density at radius 1 is 1.50 bits per heavy atom. The fourth-order valence-electron chi connectivity index (χ4n) is 2.36. The molecule has 88 valence electrons. The largest absolute Gasteiger partial charge is 0.508 e. The van der Waals surface area contributed by atoms with Crippen LogP contribution in [-0.2, 0) is 11.2 Å². The van der Waals surface area contributed by atoms with Crippen LogP contribution in [-0.4, -0.2) is 31.4 Å². The Morgan fingerprint density at radius 3 is 3.12 bits per heavy atom. The lowest BCUT2D eigenvalue weighted by Gasteiger charge is -2.31. The van der Waals surface area contributed by atoms with Crippen LogP contribution < -0.4 is 5.32 Å². The molecule has 1 aliphatic rings. The van der Waals surface area contributed by atoms with Crippen LogP contribution in [0.5, 0.6) is 5.75 Å². The number of phenols is 1. The van der Waals surface area contributed by atoms with Crippen molar-refractivity contribution in [3.63, 3.8) is 0 Å². The molecule has 1 saturated heterocycles. The topological polar surface area (TPSA) is 41.5 Å². The van der Waals surface area contributed by atoms with Crippen LogP contribution in [0.2, 0.25) is 0 Å². The van der Waals surface area contributed by atoms with Crippen LogP contribution in [0.25, 0.3) is 0 Å². The first-order valence-corrected chi connectivity index (χ1v) is 5.82. The van der Waals surface area contributed by atoms with E-state index in [1.807, 2.05) is 19.2 Å². The summed E-state index contributed by atoms with van der Waals surface area (Å²) in [6.07, 6.45) is 2.03. The first-order chi connectivity index (χ1) is 7.79. The monoisotopic (exact) mass is 221 g/mol. The molecule has 3 heteroatoms. The fraction of sp³-hybridized carbons (Fsp3) is 0.538. The fourth-order valence-corrected chi connectivity index (χ4v) is 2.36. The van der Waals surface area contributed by atoms with Crippen molar-refractivity contribution in [2.24, 2.45) is 5.92 Å². The van der Waals surface area contributed by atoms with E-state index in [1.165, 1.54) is 5.56 Å². The standard InChI is InChI=1S/C13H19NO2/c1-14-13-5-6-16-9-11(13)7-10-3-2-4-12(15)8-10/h2-4,8,11,13-15H,5-7,9H2,1H3. The zero-order valence-electron chi connectivity index (χ0n) is 9.65. The molecule has 1 heterocycles. The van der Waals surface area contributed by atoms with Gasteiger partial charge in [0.1, 0.15) is 5.75 Å². The average Bonchev–Trinajstić information content (AvgIpc) is 2.30. The lowest BCUT2D eigenvalue weighted by atomic mass is 9.89. The molecule has 0 aromatic heterocycles. The van der Waals surface area contributed by atoms with Gasteiger partial charge in [0.05, 0.1) is 6.61 Å². The molecule has 1 aliphatic heterocycles. The Hall–Kier alpha value is -1.06. The van der Waals surface area contributed by atoms with E-state index < -0.39 is 0 Å². The summed E-state index contributed by atoms with van der Waals surface area (Å²) in [7, 11) is 2.01. The minimum absolute atomic E-state index is 0.343. The second-order valence-electron chi connectivity index (χ2n) is 4.39. The molecule has 2 atom stereocenters. The first kappa shape index (κ1) is 11.4. The molecule has 0 aliphatic carbocycles. The Balaban J connectivity index is 2.02. The molecule has 3 nitrogen and oxygen atoms in total. The summed E-state index contributed by atoms with van der Waals surface area (Å²) < 4.78 is 5.51. The van der Waals surface area contributed by atoms with E-state index in [-0.39, 0.29) is 0 Å². The number of aromatic hydroxyl groups is 1. The van der Waals surface area contributed by atoms with Crippen molar-refractivity contribution in [1.82, 2.24) is 5.32 Å². The predicted molar refractivity (Wildman–Crippen MR) is 63.6 cm³/mol. The highest BCUT2D eigenvalue weighted by atomic mass is 16.5. The molecule has 0 bridgehead atoms. The summed E-state index contributed by atoms with van der Waals surface area (Å²) in [6, 6.07) is 8.01. The quantitative estimate of drug-likeness (QED) is 0.814. The van der Waals surface area contributed by atoms with Crippen LogP contribution in [0.3, 0.4) is 0 Å². The molecule has 0 saturated carbocycles. The molecular weight excluding hydrogens is 202 g/mol. The Bertz CT molecular complexity index is 340. The van der Waals surface area contributed by atoms with E-state index in [0.29, 0.717) is 17.7 Å². The van der Waals surface area contributed by atoms with Crippen LogP contribution in [0.1, 0.15) is 12.0 Å². The highest BCUT2D eigenvalue weighted by molar-refractivity contribution is 5.27. The number of rotatable bonds is 3. The van der Waals surface area contributed by atoms with E-state index in [4.69, 9.17) is 4.74 Å². The minimum atomic E-state index is 0.343. The van der Waals surface area contributed by atoms with E-state index in [0.717, 1.165) is 26.1 Å². The highest BCUT2D eigenvalue weighted by Crippen LogP contribution is 2.21. The van der Waals surface area contributed by atoms with Gasteiger partial charge in [-0.1, -0.05) is 12.1 Å². The zero-order chi connectivity index (χ0) is 11.4. The second kappa shape index (κ2) is 5.32. The smallest absolute Gasteiger partial charge is 0.115 e. The van der Waals surface area contributed by atoms with Gasteiger partial charge in [-0.15, -0.1) is 0 Å². The Kier molecular flexibility index (Phi) is 3.80. The van der Waals surface area contributed by atoms with Crippen molar-refractivity contribution in [2.45, 2.75) is 18.9 Å². The molecule has 0 amide bonds. The summed E-state index contributed by atoms with van der Waals surface area (Å²) in [6.45, 7) is 1.66. The van der Waals surface area contributed by atoms with Gasteiger partial charge in [0.2, 0.25) is 0 Å². The van der Waals surface area contributed by atoms with Gasteiger partial charge in [-0.2, -0.15) is 0 Å². The molecule has 2 unspecified atom stereocenters. The van der Waals surface area contributed by atoms with Crippen LogP contribution >= 0.6 is 0 Å². The molecule has 0 spiro atoms. The SMILES string of the molecule is CNC1CCOCC1Cc1cccc(O)c1. The van der Waals surface area contributed by atoms with Crippen LogP contribution in [0, 0.1) is 5.92 Å². The number of benzene rings is 1. The van der Waals surface area contributed by atoms with Crippen molar-refractivity contribution >= 4 is 0 Å². The maximum atomic E-state index is 9.42. The minimum Gasteiger partial charge on any atom is -0.508 e. The predicted octanol–water partition coefficient (Wildman–Crippen LogP) is 1.56. The highest BCUT2D eigenvalue weighted by Gasteiger charge is 2.24. The van der Waals surface area contributed by atoms with Crippen molar-refractivity contribution in [3.05, 3.63) is 29.8 Å². The van der Waals surface area contributed by atoms with E-state index in [1.54, 1.807) is 6.07 Å². The van der Waals surface area contributed by atoms with Gasteiger partial charge >= 0.3 is 0 Å². The maximum Gasteiger partial charge on any atom is 0.115 e. The van der Waals surface area contributed by atoms with E-state index >= 15 is 0 Å². The third-order valence-corrected chi connectivity index (χ3v) is 3.25. The Morgan fingerprint density at radius 2 is 2.38 bits per heavy atom. The average molecular weight is 221 g/mol. The number of phenolic OH excluding ortho intramolecular Hbond substituents is 1. The summed E-state index contributed by atoms with van der Waals surface area (Å²) in [5, 5.41) is 12.8. The van der Waals surface area contributed by atoms with Crippen molar-refractivity contribution < 1.29 is 9.84 Å². The lowest BCUT2D eigenvalue weighted by molar-refractivity contribution is 0.0342. The first-order valence-electron chi connectivity index (χ1n) is 5.82. The van der Waals surface area contributed by atoms with Crippen LogP contribution in [0.15, 0.2) is 24.3 Å². The third-order valence-electron chi connectivity index (χ3n) is 3.25. The molecule has 2 N–H and O–H groups in total. The number of nitrogens with one attached hydrogen (secondary N) is 1. The molecule has 2 rings (SSSR count). The number of ether oxygens (including phenoxy) is 1. The van der Waals surface area contributed by atoms with Gasteiger partial charge in [0.25, 0.3) is 0 Å². The lowest BCUT2D eigenvalue weighted by Crippen LogP contribution is -2.41. The maximum absolute atomic E-state index is 9.42. The van der Waals surface area contributed by atoms with E-state index in [2.05, 4.69) is 11.4 Å². The third kappa shape index (κ3) is 2.74. The summed E-state index contributed by atoms with van der Waals surface area (Å²) in [4.78, 5) is 0. The van der Waals surface area contributed by atoms with Gasteiger partial charge in [0.15, 0.2) is 0 Å². The normalized spacial score (nSPS) is 25.6. The molecular formula is C13H19NO2. The molecule has 1 aromatic rings. The number of hydrogen-bond donors (Lipinski definition) is 2. The van der Waals surface area contributed by atoms with E-state index in [9.17, 15) is 5.11 Å². The second-order valence-corrected chi connectivity index (χ2v) is 4.39.